The first-order valence-corrected chi connectivity index (χ1v) is 10.7. The maximum absolute atomic E-state index is 12.1. The monoisotopic (exact) mass is 400 g/mol. The van der Waals surface area contributed by atoms with E-state index in [1.807, 2.05) is 6.20 Å². The molecule has 0 atom stereocenters. The molecule has 4 heterocycles. The van der Waals surface area contributed by atoms with Gasteiger partial charge in [-0.15, -0.1) is 10.2 Å². The molecule has 0 spiro atoms. The molecule has 0 radical (unpaired) electrons. The molecular formula is C23H24N6O. The minimum absolute atomic E-state index is 0.0234. The third-order valence-electron chi connectivity index (χ3n) is 6.78. The lowest BCUT2D eigenvalue weighted by Gasteiger charge is -2.17. The molecule has 7 heteroatoms. The Hall–Kier alpha value is -3.22. The van der Waals surface area contributed by atoms with Crippen LogP contribution in [0.4, 0.5) is 0 Å². The quantitative estimate of drug-likeness (QED) is 0.530. The summed E-state index contributed by atoms with van der Waals surface area (Å²) < 4.78 is 5.27. The Kier molecular flexibility index (Phi) is 3.75. The molecule has 0 amide bonds. The van der Waals surface area contributed by atoms with E-state index in [1.165, 1.54) is 35.1 Å². The van der Waals surface area contributed by atoms with Gasteiger partial charge in [0.05, 0.1) is 0 Å². The van der Waals surface area contributed by atoms with Crippen molar-refractivity contribution in [3.8, 4) is 11.4 Å². The van der Waals surface area contributed by atoms with E-state index in [-0.39, 0.29) is 11.1 Å². The van der Waals surface area contributed by atoms with Gasteiger partial charge in [-0.1, -0.05) is 30.7 Å². The number of rotatable bonds is 3. The predicted molar refractivity (Wildman–Crippen MR) is 113 cm³/mol. The molecule has 6 rings (SSSR count). The van der Waals surface area contributed by atoms with Gasteiger partial charge in [0.25, 0.3) is 0 Å². The van der Waals surface area contributed by atoms with Gasteiger partial charge in [0.1, 0.15) is 5.82 Å². The van der Waals surface area contributed by atoms with Crippen molar-refractivity contribution in [3.63, 3.8) is 0 Å². The van der Waals surface area contributed by atoms with E-state index in [0.29, 0.717) is 5.65 Å². The average Bonchev–Trinajstić information content (AvgIpc) is 3.47. The first-order chi connectivity index (χ1) is 14.7. The van der Waals surface area contributed by atoms with Gasteiger partial charge in [0.2, 0.25) is 0 Å². The van der Waals surface area contributed by atoms with Gasteiger partial charge in [0, 0.05) is 37.2 Å². The summed E-state index contributed by atoms with van der Waals surface area (Å²) in [5, 5.41) is 13.3. The largest absolute Gasteiger partial charge is 0.350 e. The fraction of sp³-hybridized carbons (Fsp3) is 0.391. The summed E-state index contributed by atoms with van der Waals surface area (Å²) >= 11 is 0. The molecule has 7 nitrogen and oxygen atoms in total. The Balaban J connectivity index is 1.35. The average molecular weight is 400 g/mol. The molecule has 1 aliphatic carbocycles. The van der Waals surface area contributed by atoms with Crippen LogP contribution in [0.25, 0.3) is 17.0 Å². The van der Waals surface area contributed by atoms with Gasteiger partial charge in [-0.2, -0.15) is 5.10 Å². The Morgan fingerprint density at radius 1 is 0.967 bits per heavy atom. The normalized spacial score (nSPS) is 17.6. The van der Waals surface area contributed by atoms with Crippen LogP contribution in [0.5, 0.6) is 0 Å². The van der Waals surface area contributed by atoms with Crippen molar-refractivity contribution in [2.24, 2.45) is 7.05 Å². The van der Waals surface area contributed by atoms with Crippen LogP contribution in [0.2, 0.25) is 0 Å². The van der Waals surface area contributed by atoms with E-state index >= 15 is 0 Å². The van der Waals surface area contributed by atoms with Crippen LogP contribution >= 0.6 is 0 Å². The second-order valence-corrected chi connectivity index (χ2v) is 8.61. The maximum Gasteiger partial charge on any atom is 0.350 e. The molecule has 1 aromatic carbocycles. The van der Waals surface area contributed by atoms with Crippen molar-refractivity contribution >= 4 is 5.65 Å². The molecule has 152 valence electrons. The highest BCUT2D eigenvalue weighted by Gasteiger charge is 2.46. The second kappa shape index (κ2) is 6.39. The van der Waals surface area contributed by atoms with E-state index < -0.39 is 0 Å². The number of fused-ring (bicyclic) bond motifs is 2. The topological polar surface area (TPSA) is 70.0 Å². The van der Waals surface area contributed by atoms with Crippen LogP contribution in [0.3, 0.4) is 0 Å². The van der Waals surface area contributed by atoms with Gasteiger partial charge in [0.15, 0.2) is 11.5 Å². The number of aromatic nitrogens is 6. The van der Waals surface area contributed by atoms with Crippen LogP contribution in [0.15, 0.2) is 47.4 Å². The van der Waals surface area contributed by atoms with Crippen LogP contribution in [-0.4, -0.2) is 28.9 Å². The zero-order valence-corrected chi connectivity index (χ0v) is 17.1. The number of aryl methyl sites for hydroxylation is 2. The summed E-state index contributed by atoms with van der Waals surface area (Å²) in [6.07, 6.45) is 8.74. The number of hydrogen-bond donors (Lipinski definition) is 0. The molecule has 0 saturated heterocycles. The molecule has 1 saturated carbocycles. The molecule has 3 aromatic heterocycles. The van der Waals surface area contributed by atoms with Crippen molar-refractivity contribution in [2.45, 2.75) is 50.5 Å². The smallest absolute Gasteiger partial charge is 0.311 e. The predicted octanol–water partition coefficient (Wildman–Crippen LogP) is 3.10. The summed E-state index contributed by atoms with van der Waals surface area (Å²) in [5.74, 6) is 2.10. The standard InChI is InChI=1S/C23H24N6O/c1-27-22(30)29-14-10-18(15-20(29)26-27)23(11-12-23)17-8-6-16(7-9-17)21-25-24-19-5-3-2-4-13-28(19)21/h6-10,14-15H,2-5,11-13H2,1H3. The zero-order valence-electron chi connectivity index (χ0n) is 17.1. The Bertz CT molecular complexity index is 1310. The first kappa shape index (κ1) is 17.6. The maximum atomic E-state index is 12.1. The fourth-order valence-electron chi connectivity index (χ4n) is 4.88. The summed E-state index contributed by atoms with van der Waals surface area (Å²) in [4.78, 5) is 12.1. The lowest BCUT2D eigenvalue weighted by Crippen LogP contribution is -2.17. The summed E-state index contributed by atoms with van der Waals surface area (Å²) in [6.45, 7) is 1.01. The summed E-state index contributed by atoms with van der Waals surface area (Å²) in [6, 6.07) is 12.9. The molecule has 0 bridgehead atoms. The van der Waals surface area contributed by atoms with Gasteiger partial charge in [-0.05, 0) is 48.9 Å². The minimum Gasteiger partial charge on any atom is -0.311 e. The van der Waals surface area contributed by atoms with Crippen LogP contribution < -0.4 is 5.69 Å². The van der Waals surface area contributed by atoms with E-state index in [2.05, 4.69) is 56.3 Å². The summed E-state index contributed by atoms with van der Waals surface area (Å²) in [7, 11) is 1.69. The highest BCUT2D eigenvalue weighted by molar-refractivity contribution is 5.59. The molecule has 30 heavy (non-hydrogen) atoms. The lowest BCUT2D eigenvalue weighted by atomic mass is 9.88. The molecule has 1 fully saturated rings. The number of pyridine rings is 1. The summed E-state index contributed by atoms with van der Waals surface area (Å²) in [5.41, 5.74) is 4.28. The van der Waals surface area contributed by atoms with Gasteiger partial charge in [-0.25, -0.2) is 9.48 Å². The van der Waals surface area contributed by atoms with Crippen molar-refractivity contribution in [1.82, 2.24) is 28.9 Å². The van der Waals surface area contributed by atoms with Crippen molar-refractivity contribution in [1.29, 1.82) is 0 Å². The number of hydrogen-bond acceptors (Lipinski definition) is 4. The Morgan fingerprint density at radius 2 is 1.80 bits per heavy atom. The number of benzene rings is 1. The molecule has 2 aliphatic rings. The molecule has 1 aliphatic heterocycles. The third-order valence-corrected chi connectivity index (χ3v) is 6.78. The van der Waals surface area contributed by atoms with E-state index in [4.69, 9.17) is 0 Å². The highest BCUT2D eigenvalue weighted by Crippen LogP contribution is 2.53. The lowest BCUT2D eigenvalue weighted by molar-refractivity contribution is 0.636. The number of nitrogens with zero attached hydrogens (tertiary/aromatic N) is 6. The van der Waals surface area contributed by atoms with Gasteiger partial charge in [-0.3, -0.25) is 4.40 Å². The zero-order chi connectivity index (χ0) is 20.3. The van der Waals surface area contributed by atoms with Crippen LogP contribution in [-0.2, 0) is 25.4 Å². The van der Waals surface area contributed by atoms with E-state index in [0.717, 1.165) is 43.0 Å². The van der Waals surface area contributed by atoms with E-state index in [9.17, 15) is 4.79 Å². The first-order valence-electron chi connectivity index (χ1n) is 10.7. The van der Waals surface area contributed by atoms with Crippen molar-refractivity contribution in [3.05, 3.63) is 70.0 Å². The molecule has 4 aromatic rings. The SMILES string of the molecule is Cn1nc2cc(C3(c4ccc(-c5nnc6n5CCCCC6)cc4)CC3)ccn2c1=O. The fourth-order valence-corrected chi connectivity index (χ4v) is 4.88. The third kappa shape index (κ3) is 2.57. The highest BCUT2D eigenvalue weighted by atomic mass is 16.2. The Labute approximate surface area is 174 Å². The molecule has 0 unspecified atom stereocenters. The van der Waals surface area contributed by atoms with Gasteiger partial charge >= 0.3 is 5.69 Å². The Morgan fingerprint density at radius 3 is 2.60 bits per heavy atom. The van der Waals surface area contributed by atoms with Gasteiger partial charge < -0.3 is 4.57 Å². The minimum atomic E-state index is -0.113. The molecular weight excluding hydrogens is 376 g/mol. The molecule has 0 N–H and O–H groups in total. The second-order valence-electron chi connectivity index (χ2n) is 8.61. The van der Waals surface area contributed by atoms with Crippen LogP contribution in [0.1, 0.15) is 49.1 Å². The van der Waals surface area contributed by atoms with Crippen molar-refractivity contribution in [2.75, 3.05) is 0 Å². The van der Waals surface area contributed by atoms with Crippen LogP contribution in [0, 0.1) is 0 Å². The van der Waals surface area contributed by atoms with E-state index in [1.54, 1.807) is 11.4 Å². The van der Waals surface area contributed by atoms with Crippen molar-refractivity contribution < 1.29 is 0 Å².